The van der Waals surface area contributed by atoms with Gasteiger partial charge in [-0.2, -0.15) is 0 Å². The molecule has 0 aliphatic carbocycles. The minimum atomic E-state index is 0.725. The van der Waals surface area contributed by atoms with Gasteiger partial charge in [-0.1, -0.05) is 0 Å². The van der Waals surface area contributed by atoms with Crippen molar-refractivity contribution in [3.05, 3.63) is 0 Å². The van der Waals surface area contributed by atoms with Crippen LogP contribution < -0.4 is 0 Å². The number of likely N-dealkylation sites (tertiary alicyclic amines) is 1. The molecule has 0 aromatic rings. The predicted molar refractivity (Wildman–Crippen MR) is 43.5 cm³/mol. The highest BCUT2D eigenvalue weighted by molar-refractivity contribution is 9.09. The molecule has 0 spiro atoms. The maximum absolute atomic E-state index is 3.69. The number of rotatable bonds is 1. The molecule has 0 aromatic heterocycles. The highest BCUT2D eigenvalue weighted by Crippen LogP contribution is 2.28. The van der Waals surface area contributed by atoms with Gasteiger partial charge in [0.05, 0.1) is 20.1 Å². The summed E-state index contributed by atoms with van der Waals surface area (Å²) in [7, 11) is 2.33. The lowest BCUT2D eigenvalue weighted by Gasteiger charge is -2.31. The normalized spacial score (nSPS) is 43.7. The van der Waals surface area contributed by atoms with Gasteiger partial charge in [0.1, 0.15) is 4.95 Å². The summed E-state index contributed by atoms with van der Waals surface area (Å²) in [5.41, 5.74) is 0. The fourth-order valence-corrected chi connectivity index (χ4v) is 2.25. The van der Waals surface area contributed by atoms with Crippen LogP contribution in [0.5, 0.6) is 0 Å². The van der Waals surface area contributed by atoms with E-state index in [1.807, 2.05) is 0 Å². The Balaban J connectivity index is 2.56. The molecule has 0 amide bonds. The van der Waals surface area contributed by atoms with Crippen molar-refractivity contribution < 1.29 is 4.48 Å². The molecule has 0 saturated carbocycles. The molecule has 0 radical (unpaired) electrons. The zero-order valence-electron chi connectivity index (χ0n) is 6.23. The fraction of sp³-hybridized carbons (Fsp3) is 1.00. The summed E-state index contributed by atoms with van der Waals surface area (Å²) in [4.78, 5) is 0.725. The number of nitrogens with zero attached hydrogens (tertiary/aromatic N) is 1. The van der Waals surface area contributed by atoms with Crippen LogP contribution in [-0.2, 0) is 0 Å². The monoisotopic (exact) mass is 192 g/mol. The molecule has 0 aromatic carbocycles. The molecule has 1 aliphatic rings. The molecule has 2 atom stereocenters. The Morgan fingerprint density at radius 1 is 1.67 bits per heavy atom. The summed E-state index contributed by atoms with van der Waals surface area (Å²) in [6.45, 7) is 4.88. The number of hydrogen-bond donors (Lipinski definition) is 0. The minimum absolute atomic E-state index is 0.725. The first-order valence-corrected chi connectivity index (χ1v) is 4.59. The van der Waals surface area contributed by atoms with Crippen LogP contribution in [0.4, 0.5) is 0 Å². The van der Waals surface area contributed by atoms with Crippen molar-refractivity contribution >= 4 is 15.9 Å². The molecule has 1 saturated heterocycles. The third kappa shape index (κ3) is 1.30. The average Bonchev–Trinajstić information content (AvgIpc) is 2.15. The molecule has 1 aliphatic heterocycles. The van der Waals surface area contributed by atoms with Crippen molar-refractivity contribution in [3.8, 4) is 0 Å². The minimum Gasteiger partial charge on any atom is -0.315 e. The SMILES string of the molecule is CC[N+]1(C)CCCC1Br. The van der Waals surface area contributed by atoms with Crippen LogP contribution in [-0.4, -0.2) is 29.6 Å². The van der Waals surface area contributed by atoms with Crippen molar-refractivity contribution in [2.75, 3.05) is 20.1 Å². The van der Waals surface area contributed by atoms with E-state index in [2.05, 4.69) is 29.9 Å². The Hall–Kier alpha value is 0.440. The van der Waals surface area contributed by atoms with Crippen LogP contribution in [0.2, 0.25) is 0 Å². The number of quaternary nitrogens is 1. The summed E-state index contributed by atoms with van der Waals surface area (Å²) in [5.74, 6) is 0. The molecule has 1 nitrogen and oxygen atoms in total. The first kappa shape index (κ1) is 7.55. The number of alkyl halides is 1. The summed E-state index contributed by atoms with van der Waals surface area (Å²) < 4.78 is 1.22. The van der Waals surface area contributed by atoms with E-state index >= 15 is 0 Å². The van der Waals surface area contributed by atoms with E-state index in [1.165, 1.54) is 30.4 Å². The molecule has 54 valence electrons. The highest BCUT2D eigenvalue weighted by Gasteiger charge is 2.33. The summed E-state index contributed by atoms with van der Waals surface area (Å²) in [6.07, 6.45) is 2.74. The lowest BCUT2D eigenvalue weighted by atomic mass is 10.4. The molecule has 9 heavy (non-hydrogen) atoms. The van der Waals surface area contributed by atoms with Gasteiger partial charge in [-0.15, -0.1) is 0 Å². The topological polar surface area (TPSA) is 0 Å². The molecular weight excluding hydrogens is 178 g/mol. The highest BCUT2D eigenvalue weighted by atomic mass is 79.9. The van der Waals surface area contributed by atoms with Crippen molar-refractivity contribution in [3.63, 3.8) is 0 Å². The predicted octanol–water partition coefficient (Wildman–Crippen LogP) is 1.97. The van der Waals surface area contributed by atoms with Gasteiger partial charge in [0.2, 0.25) is 0 Å². The van der Waals surface area contributed by atoms with Crippen LogP contribution in [0, 0.1) is 0 Å². The fourth-order valence-electron chi connectivity index (χ4n) is 1.43. The van der Waals surface area contributed by atoms with E-state index in [0.29, 0.717) is 0 Å². The van der Waals surface area contributed by atoms with Crippen molar-refractivity contribution in [2.24, 2.45) is 0 Å². The van der Waals surface area contributed by atoms with E-state index in [0.717, 1.165) is 4.95 Å². The van der Waals surface area contributed by atoms with Gasteiger partial charge in [0.15, 0.2) is 0 Å². The Morgan fingerprint density at radius 3 is 2.56 bits per heavy atom. The van der Waals surface area contributed by atoms with Crippen LogP contribution in [0.25, 0.3) is 0 Å². The standard InChI is InChI=1S/C7H15BrN/c1-3-9(2)6-4-5-7(9)8/h7H,3-6H2,1-2H3/q+1. The second-order valence-electron chi connectivity index (χ2n) is 3.10. The maximum Gasteiger partial charge on any atom is 0.144 e. The van der Waals surface area contributed by atoms with Gasteiger partial charge < -0.3 is 4.48 Å². The Morgan fingerprint density at radius 2 is 2.33 bits per heavy atom. The molecule has 0 bridgehead atoms. The Bertz CT molecular complexity index is 105. The van der Waals surface area contributed by atoms with Gasteiger partial charge in [0, 0.05) is 12.8 Å². The third-order valence-corrected chi connectivity index (χ3v) is 3.96. The summed E-state index contributed by atoms with van der Waals surface area (Å²) >= 11 is 3.69. The first-order valence-electron chi connectivity index (χ1n) is 3.67. The van der Waals surface area contributed by atoms with Crippen LogP contribution in [0.15, 0.2) is 0 Å². The van der Waals surface area contributed by atoms with Crippen LogP contribution >= 0.6 is 15.9 Å². The van der Waals surface area contributed by atoms with Gasteiger partial charge in [-0.05, 0) is 22.9 Å². The smallest absolute Gasteiger partial charge is 0.144 e. The summed E-state index contributed by atoms with van der Waals surface area (Å²) in [5, 5.41) is 0. The number of halogens is 1. The molecule has 2 heteroatoms. The van der Waals surface area contributed by atoms with Crippen molar-refractivity contribution in [1.29, 1.82) is 0 Å². The second kappa shape index (κ2) is 2.59. The molecule has 1 fully saturated rings. The largest absolute Gasteiger partial charge is 0.315 e. The quantitative estimate of drug-likeness (QED) is 0.339. The molecular formula is C7H15BrN+. The first-order chi connectivity index (χ1) is 4.19. The number of hydrogen-bond acceptors (Lipinski definition) is 0. The Labute approximate surface area is 65.8 Å². The second-order valence-corrected chi connectivity index (χ2v) is 4.15. The molecule has 1 heterocycles. The van der Waals surface area contributed by atoms with E-state index in [1.54, 1.807) is 0 Å². The zero-order chi connectivity index (χ0) is 6.91. The third-order valence-electron chi connectivity index (χ3n) is 2.51. The summed E-state index contributed by atoms with van der Waals surface area (Å²) in [6, 6.07) is 0. The van der Waals surface area contributed by atoms with Crippen molar-refractivity contribution in [2.45, 2.75) is 24.7 Å². The lowest BCUT2D eigenvalue weighted by molar-refractivity contribution is -0.903. The van der Waals surface area contributed by atoms with Gasteiger partial charge in [0.25, 0.3) is 0 Å². The lowest BCUT2D eigenvalue weighted by Crippen LogP contribution is -2.44. The van der Waals surface area contributed by atoms with E-state index in [4.69, 9.17) is 0 Å². The molecule has 2 unspecified atom stereocenters. The van der Waals surface area contributed by atoms with E-state index in [-0.39, 0.29) is 0 Å². The molecule has 0 N–H and O–H groups in total. The maximum atomic E-state index is 3.69. The van der Waals surface area contributed by atoms with Gasteiger partial charge in [-0.25, -0.2) is 0 Å². The molecule has 1 rings (SSSR count). The van der Waals surface area contributed by atoms with Gasteiger partial charge >= 0.3 is 0 Å². The van der Waals surface area contributed by atoms with Crippen LogP contribution in [0.3, 0.4) is 0 Å². The Kier molecular flexibility index (Phi) is 2.17. The van der Waals surface area contributed by atoms with E-state index < -0.39 is 0 Å². The van der Waals surface area contributed by atoms with Crippen molar-refractivity contribution in [1.82, 2.24) is 0 Å². The zero-order valence-corrected chi connectivity index (χ0v) is 7.82. The average molecular weight is 193 g/mol. The van der Waals surface area contributed by atoms with Gasteiger partial charge in [-0.3, -0.25) is 0 Å². The van der Waals surface area contributed by atoms with Crippen LogP contribution in [0.1, 0.15) is 19.8 Å². The van der Waals surface area contributed by atoms with E-state index in [9.17, 15) is 0 Å².